The second-order valence-electron chi connectivity index (χ2n) is 4.49. The molecule has 4 nitrogen and oxygen atoms in total. The average Bonchev–Trinajstić information content (AvgIpc) is 3.05. The van der Waals surface area contributed by atoms with Gasteiger partial charge in [0.1, 0.15) is 0 Å². The summed E-state index contributed by atoms with van der Waals surface area (Å²) in [5, 5.41) is 4.65. The van der Waals surface area contributed by atoms with Gasteiger partial charge in [-0.25, -0.2) is 4.98 Å². The highest BCUT2D eigenvalue weighted by Crippen LogP contribution is 2.13. The Kier molecular flexibility index (Phi) is 4.99. The van der Waals surface area contributed by atoms with Crippen molar-refractivity contribution in [3.05, 3.63) is 16.1 Å². The molecule has 0 bridgehead atoms. The number of aliphatic imine (C=N–C) groups is 1. The van der Waals surface area contributed by atoms with E-state index in [-0.39, 0.29) is 0 Å². The van der Waals surface area contributed by atoms with Gasteiger partial charge in [0.05, 0.1) is 5.01 Å². The molecule has 1 aliphatic rings. The van der Waals surface area contributed by atoms with Crippen molar-refractivity contribution < 1.29 is 0 Å². The molecule has 5 heteroatoms. The zero-order valence-electron chi connectivity index (χ0n) is 11.3. The van der Waals surface area contributed by atoms with E-state index in [1.54, 1.807) is 0 Å². The van der Waals surface area contributed by atoms with Crippen LogP contribution in [0.1, 0.15) is 29.7 Å². The molecule has 0 saturated carbocycles. The lowest BCUT2D eigenvalue weighted by Crippen LogP contribution is -2.40. The Bertz CT molecular complexity index is 393. The van der Waals surface area contributed by atoms with E-state index in [9.17, 15) is 0 Å². The van der Waals surface area contributed by atoms with E-state index >= 15 is 0 Å². The first-order valence-corrected chi connectivity index (χ1v) is 7.54. The fourth-order valence-corrected chi connectivity index (χ4v) is 3.03. The van der Waals surface area contributed by atoms with Gasteiger partial charge in [-0.15, -0.1) is 11.3 Å². The molecule has 0 spiro atoms. The van der Waals surface area contributed by atoms with E-state index in [1.807, 2.05) is 24.6 Å². The monoisotopic (exact) mass is 266 g/mol. The summed E-state index contributed by atoms with van der Waals surface area (Å²) >= 11 is 1.82. The number of aryl methyl sites for hydroxylation is 1. The van der Waals surface area contributed by atoms with E-state index < -0.39 is 0 Å². The summed E-state index contributed by atoms with van der Waals surface area (Å²) in [6.07, 6.45) is 6.63. The molecule has 1 aliphatic heterocycles. The van der Waals surface area contributed by atoms with Crippen LogP contribution in [0.4, 0.5) is 0 Å². The Balaban J connectivity index is 1.76. The van der Waals surface area contributed by atoms with Crippen LogP contribution in [0.2, 0.25) is 0 Å². The third-order valence-electron chi connectivity index (χ3n) is 3.19. The molecular weight excluding hydrogens is 244 g/mol. The summed E-state index contributed by atoms with van der Waals surface area (Å²) in [5.74, 6) is 1.04. The summed E-state index contributed by atoms with van der Waals surface area (Å²) in [4.78, 5) is 12.5. The van der Waals surface area contributed by atoms with Crippen molar-refractivity contribution in [1.82, 2.24) is 15.2 Å². The topological polar surface area (TPSA) is 40.5 Å². The van der Waals surface area contributed by atoms with Gasteiger partial charge < -0.3 is 10.2 Å². The van der Waals surface area contributed by atoms with Crippen molar-refractivity contribution >= 4 is 17.3 Å². The maximum Gasteiger partial charge on any atom is 0.193 e. The quantitative estimate of drug-likeness (QED) is 0.668. The van der Waals surface area contributed by atoms with Gasteiger partial charge in [-0.2, -0.15) is 0 Å². The Morgan fingerprint density at radius 1 is 1.50 bits per heavy atom. The second-order valence-corrected chi connectivity index (χ2v) is 5.69. The maximum absolute atomic E-state index is 4.43. The van der Waals surface area contributed by atoms with Crippen LogP contribution in [-0.4, -0.2) is 42.5 Å². The zero-order valence-corrected chi connectivity index (χ0v) is 12.1. The molecule has 0 aromatic carbocycles. The number of guanidine groups is 1. The number of nitrogens with one attached hydrogen (secondary N) is 1. The van der Waals surface area contributed by atoms with Gasteiger partial charge in [-0.1, -0.05) is 6.92 Å². The molecule has 0 aliphatic carbocycles. The van der Waals surface area contributed by atoms with Gasteiger partial charge in [0.2, 0.25) is 0 Å². The Morgan fingerprint density at radius 3 is 2.89 bits per heavy atom. The van der Waals surface area contributed by atoms with Crippen LogP contribution in [0.25, 0.3) is 0 Å². The zero-order chi connectivity index (χ0) is 12.8. The number of aromatic nitrogens is 1. The predicted molar refractivity (Wildman–Crippen MR) is 77.4 cm³/mol. The minimum Gasteiger partial charge on any atom is -0.356 e. The highest BCUT2D eigenvalue weighted by Gasteiger charge is 2.15. The van der Waals surface area contributed by atoms with E-state index in [0.717, 1.165) is 38.4 Å². The van der Waals surface area contributed by atoms with Crippen molar-refractivity contribution in [2.75, 3.05) is 26.7 Å². The molecule has 0 amide bonds. The number of hydrogen-bond acceptors (Lipinski definition) is 3. The number of rotatable bonds is 4. The van der Waals surface area contributed by atoms with Crippen molar-refractivity contribution in [1.29, 1.82) is 0 Å². The lowest BCUT2D eigenvalue weighted by atomic mass is 10.4. The molecule has 0 atom stereocenters. The van der Waals surface area contributed by atoms with Gasteiger partial charge in [0.25, 0.3) is 0 Å². The lowest BCUT2D eigenvalue weighted by molar-refractivity contribution is 0.494. The second kappa shape index (κ2) is 6.73. The van der Waals surface area contributed by atoms with Gasteiger partial charge in [-0.3, -0.25) is 4.99 Å². The van der Waals surface area contributed by atoms with Crippen molar-refractivity contribution in [2.24, 2.45) is 4.99 Å². The smallest absolute Gasteiger partial charge is 0.193 e. The van der Waals surface area contributed by atoms with E-state index in [0.29, 0.717) is 0 Å². The van der Waals surface area contributed by atoms with E-state index in [4.69, 9.17) is 0 Å². The third-order valence-corrected chi connectivity index (χ3v) is 4.39. The minimum absolute atomic E-state index is 0.917. The van der Waals surface area contributed by atoms with Crippen LogP contribution in [0.3, 0.4) is 0 Å². The van der Waals surface area contributed by atoms with Crippen LogP contribution in [0.5, 0.6) is 0 Å². The standard InChI is InChI=1S/C13H22N4S/c1-3-11-10-16-12(18-11)6-7-15-13(14-2)17-8-4-5-9-17/h10H,3-9H2,1-2H3,(H,14,15). The van der Waals surface area contributed by atoms with Crippen molar-refractivity contribution in [2.45, 2.75) is 32.6 Å². The van der Waals surface area contributed by atoms with Crippen molar-refractivity contribution in [3.63, 3.8) is 0 Å². The minimum atomic E-state index is 0.917. The van der Waals surface area contributed by atoms with Crippen LogP contribution >= 0.6 is 11.3 Å². The Labute approximate surface area is 113 Å². The fourth-order valence-electron chi connectivity index (χ4n) is 2.17. The normalized spacial score (nSPS) is 16.3. The first-order chi connectivity index (χ1) is 8.83. The van der Waals surface area contributed by atoms with Gasteiger partial charge >= 0.3 is 0 Å². The van der Waals surface area contributed by atoms with E-state index in [2.05, 4.69) is 27.1 Å². The summed E-state index contributed by atoms with van der Waals surface area (Å²) in [6.45, 7) is 5.36. The van der Waals surface area contributed by atoms with Crippen molar-refractivity contribution in [3.8, 4) is 0 Å². The number of nitrogens with zero attached hydrogens (tertiary/aromatic N) is 3. The van der Waals surface area contributed by atoms with Crippen LogP contribution in [-0.2, 0) is 12.8 Å². The molecule has 1 N–H and O–H groups in total. The predicted octanol–water partition coefficient (Wildman–Crippen LogP) is 1.92. The summed E-state index contributed by atoms with van der Waals surface area (Å²) in [6, 6.07) is 0. The van der Waals surface area contributed by atoms with E-state index in [1.165, 1.54) is 22.7 Å². The summed E-state index contributed by atoms with van der Waals surface area (Å²) in [7, 11) is 1.86. The SMILES string of the molecule is CCc1cnc(CCNC(=NC)N2CCCC2)s1. The number of hydrogen-bond donors (Lipinski definition) is 1. The highest BCUT2D eigenvalue weighted by molar-refractivity contribution is 7.11. The summed E-state index contributed by atoms with van der Waals surface area (Å²) < 4.78 is 0. The molecule has 1 aromatic heterocycles. The molecule has 1 fully saturated rings. The first-order valence-electron chi connectivity index (χ1n) is 6.72. The lowest BCUT2D eigenvalue weighted by Gasteiger charge is -2.20. The number of likely N-dealkylation sites (tertiary alicyclic amines) is 1. The van der Waals surface area contributed by atoms with Crippen LogP contribution < -0.4 is 5.32 Å². The molecule has 18 heavy (non-hydrogen) atoms. The maximum atomic E-state index is 4.43. The molecule has 100 valence electrons. The molecule has 0 unspecified atom stereocenters. The van der Waals surface area contributed by atoms with Crippen LogP contribution in [0.15, 0.2) is 11.2 Å². The van der Waals surface area contributed by atoms with Gasteiger partial charge in [0.15, 0.2) is 5.96 Å². The molecule has 1 saturated heterocycles. The molecule has 1 aromatic rings. The summed E-state index contributed by atoms with van der Waals surface area (Å²) in [5.41, 5.74) is 0. The molecule has 2 heterocycles. The van der Waals surface area contributed by atoms with Crippen LogP contribution in [0, 0.1) is 0 Å². The highest BCUT2D eigenvalue weighted by atomic mass is 32.1. The van der Waals surface area contributed by atoms with Gasteiger partial charge in [-0.05, 0) is 19.3 Å². The molecule has 2 rings (SSSR count). The first kappa shape index (κ1) is 13.3. The Morgan fingerprint density at radius 2 is 2.28 bits per heavy atom. The molecule has 0 radical (unpaired) electrons. The largest absolute Gasteiger partial charge is 0.356 e. The fraction of sp³-hybridized carbons (Fsp3) is 0.692. The Hall–Kier alpha value is -1.10. The third kappa shape index (κ3) is 3.45. The molecular formula is C13H22N4S. The average molecular weight is 266 g/mol. The number of thiazole rings is 1. The van der Waals surface area contributed by atoms with Gasteiger partial charge in [0, 0.05) is 44.2 Å².